The van der Waals surface area contributed by atoms with Gasteiger partial charge < -0.3 is 14.8 Å². The molecule has 2 heterocycles. The second-order valence-electron chi connectivity index (χ2n) is 4.95. The summed E-state index contributed by atoms with van der Waals surface area (Å²) >= 11 is 0. The zero-order valence-electron chi connectivity index (χ0n) is 12.7. The standard InChI is InChI=1S/C16H21N3O2/c1-12(2)21-16-14(5-4-8-18-16)11-17-9-13-6-7-15(20-3)19-10-13/h4-8,10,12,17H,9,11H2,1-3H3. The zero-order chi connectivity index (χ0) is 15.1. The Morgan fingerprint density at radius 1 is 1.14 bits per heavy atom. The van der Waals surface area contributed by atoms with E-state index >= 15 is 0 Å². The molecule has 0 unspecified atom stereocenters. The maximum absolute atomic E-state index is 5.70. The van der Waals surface area contributed by atoms with E-state index in [-0.39, 0.29) is 6.10 Å². The molecule has 0 fully saturated rings. The first-order chi connectivity index (χ1) is 10.2. The minimum atomic E-state index is 0.115. The van der Waals surface area contributed by atoms with Crippen LogP contribution in [0, 0.1) is 0 Å². The van der Waals surface area contributed by atoms with E-state index in [2.05, 4.69) is 15.3 Å². The van der Waals surface area contributed by atoms with Crippen molar-refractivity contribution >= 4 is 0 Å². The van der Waals surface area contributed by atoms with Crippen LogP contribution in [0.4, 0.5) is 0 Å². The van der Waals surface area contributed by atoms with Crippen molar-refractivity contribution in [2.45, 2.75) is 33.0 Å². The van der Waals surface area contributed by atoms with Crippen LogP contribution >= 0.6 is 0 Å². The Bertz CT molecular complexity index is 556. The van der Waals surface area contributed by atoms with Crippen LogP contribution in [0.2, 0.25) is 0 Å². The Morgan fingerprint density at radius 2 is 2.00 bits per heavy atom. The van der Waals surface area contributed by atoms with E-state index in [1.54, 1.807) is 19.5 Å². The maximum Gasteiger partial charge on any atom is 0.218 e. The molecule has 0 radical (unpaired) electrons. The Kier molecular flexibility index (Phi) is 5.51. The van der Waals surface area contributed by atoms with Gasteiger partial charge in [0.1, 0.15) is 0 Å². The number of aromatic nitrogens is 2. The fraction of sp³-hybridized carbons (Fsp3) is 0.375. The summed E-state index contributed by atoms with van der Waals surface area (Å²) in [7, 11) is 1.61. The summed E-state index contributed by atoms with van der Waals surface area (Å²) in [5.74, 6) is 1.31. The van der Waals surface area contributed by atoms with Crippen LogP contribution in [-0.4, -0.2) is 23.2 Å². The van der Waals surface area contributed by atoms with E-state index in [0.717, 1.165) is 17.7 Å². The smallest absolute Gasteiger partial charge is 0.218 e. The molecule has 0 saturated carbocycles. The van der Waals surface area contributed by atoms with Crippen molar-refractivity contribution in [3.05, 3.63) is 47.8 Å². The zero-order valence-corrected chi connectivity index (χ0v) is 12.7. The summed E-state index contributed by atoms with van der Waals surface area (Å²) in [6.07, 6.45) is 3.67. The van der Waals surface area contributed by atoms with Gasteiger partial charge in [-0.15, -0.1) is 0 Å². The molecule has 0 spiro atoms. The SMILES string of the molecule is COc1ccc(CNCc2cccnc2OC(C)C)cn1. The van der Waals surface area contributed by atoms with Crippen molar-refractivity contribution in [2.75, 3.05) is 7.11 Å². The van der Waals surface area contributed by atoms with Crippen molar-refractivity contribution in [2.24, 2.45) is 0 Å². The van der Waals surface area contributed by atoms with Gasteiger partial charge in [-0.1, -0.05) is 12.1 Å². The fourth-order valence-electron chi connectivity index (χ4n) is 1.87. The second-order valence-corrected chi connectivity index (χ2v) is 4.95. The second kappa shape index (κ2) is 7.59. The summed E-state index contributed by atoms with van der Waals surface area (Å²) in [6, 6.07) is 7.78. The number of ether oxygens (including phenoxy) is 2. The highest BCUT2D eigenvalue weighted by Gasteiger charge is 2.06. The van der Waals surface area contributed by atoms with Crippen LogP contribution in [0.3, 0.4) is 0 Å². The van der Waals surface area contributed by atoms with Crippen molar-refractivity contribution in [1.29, 1.82) is 0 Å². The third-order valence-corrected chi connectivity index (χ3v) is 2.85. The quantitative estimate of drug-likeness (QED) is 0.848. The first-order valence-electron chi connectivity index (χ1n) is 6.99. The summed E-state index contributed by atoms with van der Waals surface area (Å²) in [5.41, 5.74) is 2.15. The van der Waals surface area contributed by atoms with Crippen molar-refractivity contribution < 1.29 is 9.47 Å². The lowest BCUT2D eigenvalue weighted by Crippen LogP contribution is -2.15. The third-order valence-electron chi connectivity index (χ3n) is 2.85. The van der Waals surface area contributed by atoms with Crippen LogP contribution in [0.5, 0.6) is 11.8 Å². The third kappa shape index (κ3) is 4.72. The molecule has 0 bridgehead atoms. The normalized spacial score (nSPS) is 10.7. The monoisotopic (exact) mass is 287 g/mol. The highest BCUT2D eigenvalue weighted by Crippen LogP contribution is 2.15. The molecular weight excluding hydrogens is 266 g/mol. The van der Waals surface area contributed by atoms with Gasteiger partial charge in [0, 0.05) is 37.1 Å². The first kappa shape index (κ1) is 15.3. The Labute approximate surface area is 125 Å². The number of hydrogen-bond donors (Lipinski definition) is 1. The van der Waals surface area contributed by atoms with Crippen LogP contribution < -0.4 is 14.8 Å². The molecule has 0 atom stereocenters. The summed E-state index contributed by atoms with van der Waals surface area (Å²) in [5, 5.41) is 3.37. The van der Waals surface area contributed by atoms with Crippen molar-refractivity contribution in [1.82, 2.24) is 15.3 Å². The number of nitrogens with one attached hydrogen (secondary N) is 1. The van der Waals surface area contributed by atoms with Gasteiger partial charge >= 0.3 is 0 Å². The molecule has 0 aliphatic heterocycles. The Balaban J connectivity index is 1.90. The highest BCUT2D eigenvalue weighted by molar-refractivity contribution is 5.25. The van der Waals surface area contributed by atoms with Gasteiger partial charge in [0.2, 0.25) is 11.8 Å². The van der Waals surface area contributed by atoms with Gasteiger partial charge in [-0.05, 0) is 25.5 Å². The molecule has 5 nitrogen and oxygen atoms in total. The number of methoxy groups -OCH3 is 1. The van der Waals surface area contributed by atoms with Crippen molar-refractivity contribution in [3.63, 3.8) is 0 Å². The molecule has 0 saturated heterocycles. The average molecular weight is 287 g/mol. The van der Waals surface area contributed by atoms with E-state index < -0.39 is 0 Å². The molecule has 0 amide bonds. The molecule has 2 rings (SSSR count). The molecule has 2 aromatic heterocycles. The van der Waals surface area contributed by atoms with E-state index in [1.165, 1.54) is 0 Å². The number of nitrogens with zero attached hydrogens (tertiary/aromatic N) is 2. The van der Waals surface area contributed by atoms with E-state index in [4.69, 9.17) is 9.47 Å². The van der Waals surface area contributed by atoms with Gasteiger partial charge in [0.05, 0.1) is 13.2 Å². The molecule has 1 N–H and O–H groups in total. The summed E-state index contributed by atoms with van der Waals surface area (Å²) in [6.45, 7) is 5.42. The predicted molar refractivity (Wildman–Crippen MR) is 81.3 cm³/mol. The Morgan fingerprint density at radius 3 is 2.67 bits per heavy atom. The lowest BCUT2D eigenvalue weighted by Gasteiger charge is -2.13. The molecule has 0 aliphatic rings. The van der Waals surface area contributed by atoms with E-state index in [9.17, 15) is 0 Å². The first-order valence-corrected chi connectivity index (χ1v) is 6.99. The van der Waals surface area contributed by atoms with Crippen LogP contribution in [0.1, 0.15) is 25.0 Å². The largest absolute Gasteiger partial charge is 0.481 e. The molecule has 21 heavy (non-hydrogen) atoms. The van der Waals surface area contributed by atoms with E-state index in [0.29, 0.717) is 18.3 Å². The van der Waals surface area contributed by atoms with Crippen LogP contribution in [-0.2, 0) is 13.1 Å². The molecule has 5 heteroatoms. The molecule has 112 valence electrons. The van der Waals surface area contributed by atoms with Crippen LogP contribution in [0.25, 0.3) is 0 Å². The van der Waals surface area contributed by atoms with Gasteiger partial charge in [0.15, 0.2) is 0 Å². The summed E-state index contributed by atoms with van der Waals surface area (Å²) in [4.78, 5) is 8.46. The van der Waals surface area contributed by atoms with Gasteiger partial charge in [-0.3, -0.25) is 0 Å². The van der Waals surface area contributed by atoms with Gasteiger partial charge in [0.25, 0.3) is 0 Å². The molecule has 2 aromatic rings. The van der Waals surface area contributed by atoms with E-state index in [1.807, 2.05) is 38.1 Å². The number of hydrogen-bond acceptors (Lipinski definition) is 5. The predicted octanol–water partition coefficient (Wildman–Crippen LogP) is 2.56. The van der Waals surface area contributed by atoms with Gasteiger partial charge in [-0.25, -0.2) is 9.97 Å². The molecule has 0 aromatic carbocycles. The topological polar surface area (TPSA) is 56.3 Å². The molecular formula is C16H21N3O2. The molecule has 0 aliphatic carbocycles. The summed E-state index contributed by atoms with van der Waals surface area (Å²) < 4.78 is 10.7. The lowest BCUT2D eigenvalue weighted by atomic mass is 10.2. The number of pyridine rings is 2. The van der Waals surface area contributed by atoms with Crippen molar-refractivity contribution in [3.8, 4) is 11.8 Å². The minimum Gasteiger partial charge on any atom is -0.481 e. The lowest BCUT2D eigenvalue weighted by molar-refractivity contribution is 0.229. The maximum atomic E-state index is 5.70. The number of rotatable bonds is 7. The fourth-order valence-corrected chi connectivity index (χ4v) is 1.87. The van der Waals surface area contributed by atoms with Gasteiger partial charge in [-0.2, -0.15) is 0 Å². The minimum absolute atomic E-state index is 0.115. The Hall–Kier alpha value is -2.14. The van der Waals surface area contributed by atoms with Crippen LogP contribution in [0.15, 0.2) is 36.7 Å². The highest BCUT2D eigenvalue weighted by atomic mass is 16.5. The average Bonchev–Trinajstić information content (AvgIpc) is 2.49.